The molecule has 0 radical (unpaired) electrons. The van der Waals surface area contributed by atoms with E-state index in [1.54, 1.807) is 0 Å². The summed E-state index contributed by atoms with van der Waals surface area (Å²) in [4.78, 5) is 0. The average Bonchev–Trinajstić information content (AvgIpc) is 2.74. The molecule has 0 unspecified atom stereocenters. The van der Waals surface area contributed by atoms with Crippen LogP contribution in [-0.2, 0) is 15.9 Å². The highest BCUT2D eigenvalue weighted by atomic mass is 16.7. The summed E-state index contributed by atoms with van der Waals surface area (Å²) in [5.74, 6) is 0.500. The molecule has 0 N–H and O–H groups in total. The Bertz CT molecular complexity index is 494. The Morgan fingerprint density at radius 1 is 1.11 bits per heavy atom. The van der Waals surface area contributed by atoms with Crippen molar-refractivity contribution < 1.29 is 9.47 Å². The topological polar surface area (TPSA) is 18.5 Å². The lowest BCUT2D eigenvalue weighted by Crippen LogP contribution is -2.25. The molecule has 1 aromatic rings. The number of benzene rings is 1. The van der Waals surface area contributed by atoms with Crippen molar-refractivity contribution in [1.29, 1.82) is 0 Å². The van der Waals surface area contributed by atoms with Crippen molar-refractivity contribution in [1.82, 2.24) is 0 Å². The molecule has 2 nitrogen and oxygen atoms in total. The summed E-state index contributed by atoms with van der Waals surface area (Å²) in [6, 6.07) is 4.34. The monoisotopic (exact) mass is 244 g/mol. The normalized spacial score (nSPS) is 26.9. The first-order chi connectivity index (χ1) is 8.65. The minimum Gasteiger partial charge on any atom is -0.348 e. The first-order valence-corrected chi connectivity index (χ1v) is 6.68. The molecule has 1 aliphatic carbocycles. The maximum atomic E-state index is 5.83. The lowest BCUT2D eigenvalue weighted by atomic mass is 9.97. The van der Waals surface area contributed by atoms with Gasteiger partial charge < -0.3 is 9.47 Å². The van der Waals surface area contributed by atoms with Gasteiger partial charge in [0, 0.05) is 11.5 Å². The highest BCUT2D eigenvalue weighted by Gasteiger charge is 2.26. The van der Waals surface area contributed by atoms with Crippen molar-refractivity contribution >= 4 is 6.08 Å². The van der Waals surface area contributed by atoms with Crippen LogP contribution in [0.4, 0.5) is 0 Å². The zero-order valence-corrected chi connectivity index (χ0v) is 11.3. The van der Waals surface area contributed by atoms with Crippen LogP contribution in [-0.4, -0.2) is 13.2 Å². The van der Waals surface area contributed by atoms with Crippen LogP contribution in [0.2, 0.25) is 0 Å². The van der Waals surface area contributed by atoms with Gasteiger partial charge in [0.05, 0.1) is 13.2 Å². The van der Waals surface area contributed by atoms with Gasteiger partial charge in [0.2, 0.25) is 0 Å². The van der Waals surface area contributed by atoms with E-state index in [0.717, 1.165) is 19.6 Å². The number of aryl methyl sites for hydroxylation is 1. The van der Waals surface area contributed by atoms with E-state index in [-0.39, 0.29) is 6.29 Å². The predicted octanol–water partition coefficient (Wildman–Crippen LogP) is 3.64. The Labute approximate surface area is 109 Å². The van der Waals surface area contributed by atoms with E-state index < -0.39 is 0 Å². The van der Waals surface area contributed by atoms with Gasteiger partial charge in [-0.3, -0.25) is 0 Å². The van der Waals surface area contributed by atoms with Gasteiger partial charge >= 0.3 is 0 Å². The number of hydrogen-bond acceptors (Lipinski definition) is 2. The van der Waals surface area contributed by atoms with Gasteiger partial charge in [-0.25, -0.2) is 0 Å². The number of fused-ring (bicyclic) bond motifs is 1. The summed E-state index contributed by atoms with van der Waals surface area (Å²) in [6.45, 7) is 8.09. The molecule has 1 heterocycles. The average molecular weight is 244 g/mol. The van der Waals surface area contributed by atoms with Crippen molar-refractivity contribution in [2.24, 2.45) is 5.92 Å². The minimum absolute atomic E-state index is 0.171. The molecule has 0 spiro atoms. The van der Waals surface area contributed by atoms with E-state index in [9.17, 15) is 0 Å². The molecule has 1 fully saturated rings. The molecule has 96 valence electrons. The molecule has 1 saturated heterocycles. The lowest BCUT2D eigenvalue weighted by Gasteiger charge is -2.29. The van der Waals surface area contributed by atoms with Crippen LogP contribution in [0.5, 0.6) is 0 Å². The molecule has 0 saturated carbocycles. The van der Waals surface area contributed by atoms with Crippen LogP contribution in [0, 0.1) is 12.8 Å². The van der Waals surface area contributed by atoms with Crippen molar-refractivity contribution in [2.75, 3.05) is 13.2 Å². The van der Waals surface area contributed by atoms with Crippen LogP contribution in [0.25, 0.3) is 6.08 Å². The molecular formula is C16H20O2. The number of ether oxygens (including phenoxy) is 2. The second-order valence-electron chi connectivity index (χ2n) is 5.64. The molecule has 0 aromatic heterocycles. The zero-order valence-electron chi connectivity index (χ0n) is 11.3. The number of rotatable bonds is 1. The third-order valence-corrected chi connectivity index (χ3v) is 3.78. The third-order valence-electron chi connectivity index (χ3n) is 3.78. The molecular weight excluding hydrogens is 224 g/mol. The highest BCUT2D eigenvalue weighted by Crippen LogP contribution is 2.36. The Hall–Kier alpha value is -1.12. The fraction of sp³-hybridized carbons (Fsp3) is 0.500. The van der Waals surface area contributed by atoms with Gasteiger partial charge in [0.25, 0.3) is 0 Å². The smallest absolute Gasteiger partial charge is 0.184 e. The molecule has 1 aromatic carbocycles. The van der Waals surface area contributed by atoms with Crippen LogP contribution < -0.4 is 0 Å². The summed E-state index contributed by atoms with van der Waals surface area (Å²) in [5, 5.41) is 0. The van der Waals surface area contributed by atoms with E-state index in [1.807, 2.05) is 0 Å². The van der Waals surface area contributed by atoms with E-state index in [4.69, 9.17) is 9.47 Å². The van der Waals surface area contributed by atoms with Gasteiger partial charge in [-0.1, -0.05) is 30.7 Å². The van der Waals surface area contributed by atoms with Crippen molar-refractivity contribution in [2.45, 2.75) is 33.5 Å². The largest absolute Gasteiger partial charge is 0.348 e. The quantitative estimate of drug-likeness (QED) is 0.751. The molecule has 2 heteroatoms. The zero-order chi connectivity index (χ0) is 12.7. The molecule has 18 heavy (non-hydrogen) atoms. The second kappa shape index (κ2) is 4.52. The van der Waals surface area contributed by atoms with Crippen molar-refractivity contribution in [3.8, 4) is 0 Å². The van der Waals surface area contributed by atoms with E-state index in [0.29, 0.717) is 5.92 Å². The fourth-order valence-corrected chi connectivity index (χ4v) is 2.77. The second-order valence-corrected chi connectivity index (χ2v) is 5.64. The maximum absolute atomic E-state index is 5.83. The van der Waals surface area contributed by atoms with Crippen LogP contribution >= 0.6 is 0 Å². The predicted molar refractivity (Wildman–Crippen MR) is 72.3 cm³/mol. The van der Waals surface area contributed by atoms with E-state index >= 15 is 0 Å². The summed E-state index contributed by atoms with van der Waals surface area (Å²) in [7, 11) is 0. The summed E-state index contributed by atoms with van der Waals surface area (Å²) < 4.78 is 11.7. The highest BCUT2D eigenvalue weighted by molar-refractivity contribution is 5.68. The molecule has 2 aliphatic rings. The van der Waals surface area contributed by atoms with Crippen LogP contribution in [0.3, 0.4) is 0 Å². The Kier molecular flexibility index (Phi) is 3.00. The summed E-state index contributed by atoms with van der Waals surface area (Å²) >= 11 is 0. The first kappa shape index (κ1) is 11.9. The molecule has 0 amide bonds. The lowest BCUT2D eigenvalue weighted by molar-refractivity contribution is -0.202. The standard InChI is InChI=1S/C16H20O2/c1-10-6-14-12(3)4-5-13(15(14)7-10)16-17-8-11(2)9-18-16/h4-6,11,16H,7-9H2,1-3H3/t11-,16-. The van der Waals surface area contributed by atoms with Crippen LogP contribution in [0.1, 0.15) is 42.4 Å². The SMILES string of the molecule is CC1=Cc2c(C)ccc([C@H]3OC[C@H](C)CO3)c2C1. The number of allylic oxidation sites excluding steroid dienone is 1. The fourth-order valence-electron chi connectivity index (χ4n) is 2.77. The Balaban J connectivity index is 1.94. The summed E-state index contributed by atoms with van der Waals surface area (Å²) in [5.41, 5.74) is 6.75. The Morgan fingerprint density at radius 3 is 2.56 bits per heavy atom. The Morgan fingerprint density at radius 2 is 1.83 bits per heavy atom. The number of hydrogen-bond donors (Lipinski definition) is 0. The van der Waals surface area contributed by atoms with Gasteiger partial charge in [0.1, 0.15) is 0 Å². The first-order valence-electron chi connectivity index (χ1n) is 6.68. The summed E-state index contributed by atoms with van der Waals surface area (Å²) in [6.07, 6.45) is 3.15. The van der Waals surface area contributed by atoms with Crippen molar-refractivity contribution in [3.63, 3.8) is 0 Å². The van der Waals surface area contributed by atoms with Gasteiger partial charge in [-0.2, -0.15) is 0 Å². The van der Waals surface area contributed by atoms with Gasteiger partial charge in [-0.05, 0) is 37.0 Å². The molecule has 3 rings (SSSR count). The van der Waals surface area contributed by atoms with E-state index in [2.05, 4.69) is 39.0 Å². The van der Waals surface area contributed by atoms with Gasteiger partial charge in [0.15, 0.2) is 6.29 Å². The van der Waals surface area contributed by atoms with E-state index in [1.165, 1.54) is 27.8 Å². The third kappa shape index (κ3) is 2.00. The molecule has 1 aliphatic heterocycles. The van der Waals surface area contributed by atoms with Crippen LogP contribution in [0.15, 0.2) is 17.7 Å². The molecule has 0 atom stereocenters. The maximum Gasteiger partial charge on any atom is 0.184 e. The minimum atomic E-state index is -0.171. The van der Waals surface area contributed by atoms with Crippen molar-refractivity contribution in [3.05, 3.63) is 40.0 Å². The molecule has 0 bridgehead atoms. The van der Waals surface area contributed by atoms with Gasteiger partial charge in [-0.15, -0.1) is 0 Å².